The van der Waals surface area contributed by atoms with Gasteiger partial charge in [-0.05, 0) is 24.1 Å². The molecular formula is C16H18N2O. The molecule has 1 aromatic carbocycles. The lowest BCUT2D eigenvalue weighted by atomic mass is 9.95. The van der Waals surface area contributed by atoms with Crippen molar-refractivity contribution in [2.24, 2.45) is 5.41 Å². The van der Waals surface area contributed by atoms with Gasteiger partial charge in [0.1, 0.15) is 5.82 Å². The van der Waals surface area contributed by atoms with E-state index in [9.17, 15) is 4.79 Å². The zero-order chi connectivity index (χ0) is 13.6. The van der Waals surface area contributed by atoms with Crippen LogP contribution < -0.4 is 4.90 Å². The molecule has 1 aliphatic rings. The van der Waals surface area contributed by atoms with Crippen molar-refractivity contribution in [2.75, 3.05) is 11.4 Å². The van der Waals surface area contributed by atoms with Crippen molar-refractivity contribution in [1.82, 2.24) is 4.98 Å². The van der Waals surface area contributed by atoms with Crippen LogP contribution in [0.25, 0.3) is 10.9 Å². The Labute approximate surface area is 113 Å². The quantitative estimate of drug-likeness (QED) is 0.723. The van der Waals surface area contributed by atoms with Crippen LogP contribution in [0.1, 0.15) is 26.3 Å². The molecule has 0 unspecified atom stereocenters. The normalized spacial score (nSPS) is 14.8. The topological polar surface area (TPSA) is 33.2 Å². The van der Waals surface area contributed by atoms with E-state index in [2.05, 4.69) is 17.1 Å². The van der Waals surface area contributed by atoms with Gasteiger partial charge in [-0.1, -0.05) is 39.0 Å². The van der Waals surface area contributed by atoms with E-state index in [0.29, 0.717) is 0 Å². The summed E-state index contributed by atoms with van der Waals surface area (Å²) in [5, 5.41) is 1.14. The lowest BCUT2D eigenvalue weighted by molar-refractivity contribution is -0.125. The SMILES string of the molecule is CC(C)(C)C(=O)N1CCc2cc3ccccc3nc21. The monoisotopic (exact) mass is 254 g/mol. The van der Waals surface area contributed by atoms with Gasteiger partial charge < -0.3 is 0 Å². The van der Waals surface area contributed by atoms with Gasteiger partial charge >= 0.3 is 0 Å². The number of pyridine rings is 1. The van der Waals surface area contributed by atoms with E-state index in [-0.39, 0.29) is 11.3 Å². The number of carbonyl (C=O) groups excluding carboxylic acids is 1. The molecule has 0 atom stereocenters. The van der Waals surface area contributed by atoms with Gasteiger partial charge in [-0.25, -0.2) is 4.98 Å². The van der Waals surface area contributed by atoms with Crippen molar-refractivity contribution in [1.29, 1.82) is 0 Å². The second-order valence-electron chi connectivity index (χ2n) is 6.12. The first-order valence-electron chi connectivity index (χ1n) is 6.67. The Morgan fingerprint density at radius 3 is 2.74 bits per heavy atom. The van der Waals surface area contributed by atoms with Crippen molar-refractivity contribution in [3.05, 3.63) is 35.9 Å². The molecule has 1 aromatic heterocycles. The molecule has 2 aromatic rings. The Balaban J connectivity index is 2.09. The lowest BCUT2D eigenvalue weighted by Gasteiger charge is -2.25. The molecule has 3 rings (SSSR count). The predicted molar refractivity (Wildman–Crippen MR) is 77.3 cm³/mol. The highest BCUT2D eigenvalue weighted by Crippen LogP contribution is 2.32. The maximum Gasteiger partial charge on any atom is 0.233 e. The molecule has 19 heavy (non-hydrogen) atoms. The fraction of sp³-hybridized carbons (Fsp3) is 0.375. The third kappa shape index (κ3) is 1.99. The number of rotatable bonds is 0. The van der Waals surface area contributed by atoms with Crippen LogP contribution in [0.15, 0.2) is 30.3 Å². The molecule has 0 bridgehead atoms. The fourth-order valence-electron chi connectivity index (χ4n) is 2.51. The minimum absolute atomic E-state index is 0.147. The average Bonchev–Trinajstić information content (AvgIpc) is 2.76. The number of fused-ring (bicyclic) bond motifs is 2. The minimum atomic E-state index is -0.366. The van der Waals surface area contributed by atoms with E-state index in [0.717, 1.165) is 29.7 Å². The van der Waals surface area contributed by atoms with E-state index in [1.54, 1.807) is 0 Å². The predicted octanol–water partition coefficient (Wildman–Crippen LogP) is 3.17. The van der Waals surface area contributed by atoms with Crippen LogP contribution in [-0.2, 0) is 11.2 Å². The molecule has 1 amide bonds. The van der Waals surface area contributed by atoms with Gasteiger partial charge in [-0.3, -0.25) is 9.69 Å². The van der Waals surface area contributed by atoms with Crippen LogP contribution in [0.5, 0.6) is 0 Å². The van der Waals surface area contributed by atoms with Gasteiger partial charge in [0.05, 0.1) is 5.52 Å². The van der Waals surface area contributed by atoms with Crippen LogP contribution >= 0.6 is 0 Å². The van der Waals surface area contributed by atoms with Gasteiger partial charge in [0.2, 0.25) is 5.91 Å². The largest absolute Gasteiger partial charge is 0.296 e. The Kier molecular flexibility index (Phi) is 2.59. The van der Waals surface area contributed by atoms with Gasteiger partial charge in [0, 0.05) is 17.3 Å². The fourth-order valence-corrected chi connectivity index (χ4v) is 2.51. The van der Waals surface area contributed by atoms with Gasteiger partial charge in [0.25, 0.3) is 0 Å². The molecule has 2 heterocycles. The molecule has 0 N–H and O–H groups in total. The Morgan fingerprint density at radius 1 is 1.26 bits per heavy atom. The Bertz CT molecular complexity index is 655. The number of para-hydroxylation sites is 1. The van der Waals surface area contributed by atoms with E-state index in [1.807, 2.05) is 43.9 Å². The molecule has 3 heteroatoms. The number of nitrogens with zero attached hydrogens (tertiary/aromatic N) is 2. The number of hydrogen-bond acceptors (Lipinski definition) is 2. The summed E-state index contributed by atoms with van der Waals surface area (Å²) in [5.74, 6) is 0.993. The molecule has 0 fully saturated rings. The van der Waals surface area contributed by atoms with Crippen LogP contribution in [0.2, 0.25) is 0 Å². The maximum absolute atomic E-state index is 12.5. The van der Waals surface area contributed by atoms with E-state index < -0.39 is 0 Å². The zero-order valence-electron chi connectivity index (χ0n) is 11.6. The Hall–Kier alpha value is -1.90. The summed E-state index contributed by atoms with van der Waals surface area (Å²) in [4.78, 5) is 19.0. The first kappa shape index (κ1) is 12.2. The summed E-state index contributed by atoms with van der Waals surface area (Å²) in [5.41, 5.74) is 1.76. The molecule has 0 radical (unpaired) electrons. The summed E-state index contributed by atoms with van der Waals surface area (Å²) in [7, 11) is 0. The second-order valence-corrected chi connectivity index (χ2v) is 6.12. The van der Waals surface area contributed by atoms with Crippen molar-refractivity contribution in [3.8, 4) is 0 Å². The summed E-state index contributed by atoms with van der Waals surface area (Å²) in [6, 6.07) is 10.2. The summed E-state index contributed by atoms with van der Waals surface area (Å²) in [6.07, 6.45) is 0.898. The number of carbonyl (C=O) groups is 1. The highest BCUT2D eigenvalue weighted by molar-refractivity contribution is 5.99. The molecule has 0 saturated carbocycles. The molecule has 0 saturated heterocycles. The van der Waals surface area contributed by atoms with Crippen molar-refractivity contribution in [2.45, 2.75) is 27.2 Å². The maximum atomic E-state index is 12.5. The molecule has 0 spiro atoms. The van der Waals surface area contributed by atoms with Gasteiger partial charge in [0.15, 0.2) is 0 Å². The van der Waals surface area contributed by atoms with Gasteiger partial charge in [-0.15, -0.1) is 0 Å². The lowest BCUT2D eigenvalue weighted by Crippen LogP contribution is -2.38. The van der Waals surface area contributed by atoms with E-state index in [1.165, 1.54) is 5.56 Å². The molecule has 0 aliphatic carbocycles. The van der Waals surface area contributed by atoms with Crippen LogP contribution in [0.4, 0.5) is 5.82 Å². The van der Waals surface area contributed by atoms with Crippen molar-refractivity contribution >= 4 is 22.6 Å². The highest BCUT2D eigenvalue weighted by atomic mass is 16.2. The van der Waals surface area contributed by atoms with Crippen molar-refractivity contribution < 1.29 is 4.79 Å². The summed E-state index contributed by atoms with van der Waals surface area (Å²) in [6.45, 7) is 6.60. The van der Waals surface area contributed by atoms with Crippen LogP contribution in [-0.4, -0.2) is 17.4 Å². The summed E-state index contributed by atoms with van der Waals surface area (Å²) < 4.78 is 0. The van der Waals surface area contributed by atoms with Crippen molar-refractivity contribution in [3.63, 3.8) is 0 Å². The summed E-state index contributed by atoms with van der Waals surface area (Å²) >= 11 is 0. The molecular weight excluding hydrogens is 236 g/mol. The smallest absolute Gasteiger partial charge is 0.233 e. The highest BCUT2D eigenvalue weighted by Gasteiger charge is 2.33. The third-order valence-corrected chi connectivity index (χ3v) is 3.53. The number of benzene rings is 1. The molecule has 98 valence electrons. The number of hydrogen-bond donors (Lipinski definition) is 0. The number of amides is 1. The first-order valence-corrected chi connectivity index (χ1v) is 6.67. The van der Waals surface area contributed by atoms with Crippen LogP contribution in [0, 0.1) is 5.41 Å². The molecule has 3 nitrogen and oxygen atoms in total. The standard InChI is InChI=1S/C16H18N2O/c1-16(2,3)15(19)18-9-8-12-10-11-6-4-5-7-13(11)17-14(12)18/h4-7,10H,8-9H2,1-3H3. The number of aromatic nitrogens is 1. The van der Waals surface area contributed by atoms with E-state index in [4.69, 9.17) is 0 Å². The number of anilines is 1. The first-order chi connectivity index (χ1) is 8.97. The second kappa shape index (κ2) is 4.05. The third-order valence-electron chi connectivity index (χ3n) is 3.53. The van der Waals surface area contributed by atoms with Crippen LogP contribution in [0.3, 0.4) is 0 Å². The van der Waals surface area contributed by atoms with E-state index >= 15 is 0 Å². The Morgan fingerprint density at radius 2 is 2.00 bits per heavy atom. The molecule has 1 aliphatic heterocycles. The average molecular weight is 254 g/mol. The minimum Gasteiger partial charge on any atom is -0.296 e. The zero-order valence-corrected chi connectivity index (χ0v) is 11.6. The van der Waals surface area contributed by atoms with Gasteiger partial charge in [-0.2, -0.15) is 0 Å².